The summed E-state index contributed by atoms with van der Waals surface area (Å²) in [6.07, 6.45) is 6.44. The number of benzene rings is 3. The average Bonchev–Trinajstić information content (AvgIpc) is 3.57. The van der Waals surface area contributed by atoms with Crippen LogP contribution in [0.2, 0.25) is 5.02 Å². The molecule has 368 valence electrons. The molecule has 1 aromatic heterocycles. The summed E-state index contributed by atoms with van der Waals surface area (Å²) < 4.78 is 32.6. The number of anilines is 5. The fraction of sp³-hybridized carbons (Fsp3) is 0.490. The van der Waals surface area contributed by atoms with E-state index in [0.717, 1.165) is 93.3 Å². The maximum absolute atomic E-state index is 13.5. The van der Waals surface area contributed by atoms with Crippen molar-refractivity contribution in [1.82, 2.24) is 30.0 Å². The van der Waals surface area contributed by atoms with Gasteiger partial charge < -0.3 is 30.4 Å². The van der Waals surface area contributed by atoms with Gasteiger partial charge in [0.25, 0.3) is 11.8 Å². The molecule has 3 N–H and O–H groups in total. The summed E-state index contributed by atoms with van der Waals surface area (Å²) in [5, 5.41) is 8.64. The Morgan fingerprint density at radius 1 is 0.913 bits per heavy atom. The first-order chi connectivity index (χ1) is 33.1. The molecule has 8 rings (SSSR count). The SMILES string of the molecule is CNC(=O)C(CCC=O)N1C(=O)c2ccc(N3CCC(CN4CC(N5CCC(c6cc(OC(C)C)c(Nc7ncc(Cl)c(Nc8ccccc8S(=O)(=O)C(C)C)n7)cc6C)CC5)C4)CC3)cc2C1=O. The van der Waals surface area contributed by atoms with Gasteiger partial charge in [0, 0.05) is 57.9 Å². The van der Waals surface area contributed by atoms with Gasteiger partial charge in [-0.05, 0) is 145 Å². The molecule has 69 heavy (non-hydrogen) atoms. The van der Waals surface area contributed by atoms with Crippen molar-refractivity contribution in [2.45, 2.75) is 107 Å². The van der Waals surface area contributed by atoms with E-state index >= 15 is 0 Å². The van der Waals surface area contributed by atoms with Gasteiger partial charge in [-0.3, -0.25) is 29.1 Å². The lowest BCUT2D eigenvalue weighted by Gasteiger charge is -2.49. The molecule has 0 spiro atoms. The Morgan fingerprint density at radius 2 is 1.62 bits per heavy atom. The second-order valence-electron chi connectivity index (χ2n) is 19.3. The van der Waals surface area contributed by atoms with Crippen molar-refractivity contribution >= 4 is 74.3 Å². The van der Waals surface area contributed by atoms with Gasteiger partial charge in [0.15, 0.2) is 15.7 Å². The number of aldehydes is 1. The van der Waals surface area contributed by atoms with Gasteiger partial charge in [-0.25, -0.2) is 13.4 Å². The highest BCUT2D eigenvalue weighted by Crippen LogP contribution is 2.40. The number of sulfone groups is 1. The molecule has 0 aliphatic carbocycles. The van der Waals surface area contributed by atoms with E-state index in [1.165, 1.54) is 18.8 Å². The highest BCUT2D eigenvalue weighted by atomic mass is 35.5. The number of fused-ring (bicyclic) bond motifs is 1. The summed E-state index contributed by atoms with van der Waals surface area (Å²) in [4.78, 5) is 68.3. The number of halogens is 1. The molecule has 4 aromatic rings. The van der Waals surface area contributed by atoms with Crippen LogP contribution < -0.4 is 25.6 Å². The van der Waals surface area contributed by atoms with Crippen LogP contribution in [0.15, 0.2) is 65.7 Å². The standard InChI is InChI=1S/C51H64ClN9O7S/c1-31(2)68-45-26-39(33(5)24-43(45)56-51-54-27-41(52)47(57-51)55-42-10-7-8-12-46(42)69(66,67)32(3)4)35-17-21-60(22-18-35)37-29-58(30-37)28-34-15-19-59(20-16-34)36-13-14-38-40(25-36)50(65)61(49(38)64)44(11-9-23-62)48(63)53-6/h7-8,10,12-14,23-27,31-32,34-35,37,44H,9,11,15-22,28-30H2,1-6H3,(H,53,63)(H2,54,55,56,57). The molecular formula is C51H64ClN9O7S. The number of carbonyl (C=O) groups is 4. The number of ether oxygens (including phenoxy) is 1. The summed E-state index contributed by atoms with van der Waals surface area (Å²) >= 11 is 6.54. The number of hydrogen-bond acceptors (Lipinski definition) is 14. The van der Waals surface area contributed by atoms with E-state index < -0.39 is 38.9 Å². The number of rotatable bonds is 18. The number of hydrogen-bond donors (Lipinski definition) is 3. The molecule has 16 nitrogen and oxygen atoms in total. The Hall–Kier alpha value is -5.62. The van der Waals surface area contributed by atoms with Crippen LogP contribution in [0.25, 0.3) is 0 Å². The van der Waals surface area contributed by atoms with E-state index in [2.05, 4.69) is 59.7 Å². The molecule has 3 fully saturated rings. The molecule has 0 radical (unpaired) electrons. The first-order valence-corrected chi connectivity index (χ1v) is 26.1. The number of aryl methyl sites for hydroxylation is 1. The van der Waals surface area contributed by atoms with Crippen LogP contribution in [0.1, 0.15) is 104 Å². The predicted octanol–water partition coefficient (Wildman–Crippen LogP) is 7.36. The minimum absolute atomic E-state index is 0.0671. The van der Waals surface area contributed by atoms with Crippen LogP contribution in [-0.4, -0.2) is 133 Å². The monoisotopic (exact) mass is 981 g/mol. The zero-order valence-corrected chi connectivity index (χ0v) is 41.9. The molecule has 4 aliphatic heterocycles. The van der Waals surface area contributed by atoms with E-state index in [-0.39, 0.29) is 40.6 Å². The molecule has 1 unspecified atom stereocenters. The van der Waals surface area contributed by atoms with Crippen LogP contribution in [0.3, 0.4) is 0 Å². The van der Waals surface area contributed by atoms with Gasteiger partial charge in [-0.2, -0.15) is 4.98 Å². The van der Waals surface area contributed by atoms with Crippen LogP contribution >= 0.6 is 11.6 Å². The molecule has 3 amide bonds. The Morgan fingerprint density at radius 3 is 2.30 bits per heavy atom. The number of para-hydroxylation sites is 1. The fourth-order valence-corrected chi connectivity index (χ4v) is 11.5. The zero-order chi connectivity index (χ0) is 49.1. The molecule has 3 saturated heterocycles. The lowest BCUT2D eigenvalue weighted by molar-refractivity contribution is -0.124. The van der Waals surface area contributed by atoms with Crippen LogP contribution in [0.4, 0.5) is 28.8 Å². The number of likely N-dealkylation sites (tertiary alicyclic amines) is 2. The highest BCUT2D eigenvalue weighted by molar-refractivity contribution is 7.92. The number of imide groups is 1. The number of piperidine rings is 2. The van der Waals surface area contributed by atoms with Crippen LogP contribution in [0, 0.1) is 12.8 Å². The van der Waals surface area contributed by atoms with Crippen molar-refractivity contribution < 1.29 is 32.3 Å². The lowest BCUT2D eigenvalue weighted by Crippen LogP contribution is -2.61. The zero-order valence-electron chi connectivity index (χ0n) is 40.3. The topological polar surface area (TPSA) is 186 Å². The smallest absolute Gasteiger partial charge is 0.262 e. The Kier molecular flexibility index (Phi) is 15.3. The summed E-state index contributed by atoms with van der Waals surface area (Å²) in [6.45, 7) is 16.5. The van der Waals surface area contributed by atoms with Crippen molar-refractivity contribution in [3.05, 3.63) is 88.1 Å². The number of nitrogens with zero attached hydrogens (tertiary/aromatic N) is 6. The third-order valence-electron chi connectivity index (χ3n) is 14.0. The van der Waals surface area contributed by atoms with E-state index in [1.807, 2.05) is 19.9 Å². The summed E-state index contributed by atoms with van der Waals surface area (Å²) in [6, 6.07) is 15.9. The van der Waals surface area contributed by atoms with E-state index in [1.54, 1.807) is 50.2 Å². The van der Waals surface area contributed by atoms with Gasteiger partial charge in [0.2, 0.25) is 11.9 Å². The van der Waals surface area contributed by atoms with Gasteiger partial charge in [-0.1, -0.05) is 23.7 Å². The summed E-state index contributed by atoms with van der Waals surface area (Å²) in [5.41, 5.74) is 5.03. The van der Waals surface area contributed by atoms with Crippen molar-refractivity contribution in [2.24, 2.45) is 5.92 Å². The van der Waals surface area contributed by atoms with E-state index in [4.69, 9.17) is 16.3 Å². The second kappa shape index (κ2) is 21.2. The Labute approximate surface area is 410 Å². The molecule has 5 heterocycles. The quantitative estimate of drug-likeness (QED) is 0.0663. The van der Waals surface area contributed by atoms with Crippen molar-refractivity contribution in [1.29, 1.82) is 0 Å². The minimum Gasteiger partial charge on any atom is -0.489 e. The fourth-order valence-electron chi connectivity index (χ4n) is 10.2. The van der Waals surface area contributed by atoms with Gasteiger partial charge in [0.05, 0.1) is 44.9 Å². The van der Waals surface area contributed by atoms with Crippen molar-refractivity contribution in [2.75, 3.05) is 68.4 Å². The number of carbonyl (C=O) groups excluding carboxylic acids is 4. The largest absolute Gasteiger partial charge is 0.489 e. The molecule has 3 aromatic carbocycles. The average molecular weight is 983 g/mol. The van der Waals surface area contributed by atoms with Crippen molar-refractivity contribution in [3.8, 4) is 5.75 Å². The lowest BCUT2D eigenvalue weighted by atomic mass is 9.85. The number of likely N-dealkylation sites (N-methyl/N-ethyl adjacent to an activating group) is 1. The minimum atomic E-state index is -3.58. The Balaban J connectivity index is 0.827. The highest BCUT2D eigenvalue weighted by Gasteiger charge is 2.43. The van der Waals surface area contributed by atoms with Crippen LogP contribution in [0.5, 0.6) is 5.75 Å². The van der Waals surface area contributed by atoms with Crippen molar-refractivity contribution in [3.63, 3.8) is 0 Å². The first-order valence-electron chi connectivity index (χ1n) is 24.1. The third-order valence-corrected chi connectivity index (χ3v) is 16.5. The molecule has 1 atom stereocenters. The third kappa shape index (κ3) is 10.8. The molecule has 0 saturated carbocycles. The molecule has 18 heteroatoms. The molecular weight excluding hydrogens is 918 g/mol. The predicted molar refractivity (Wildman–Crippen MR) is 268 cm³/mol. The normalized spacial score (nSPS) is 18.1. The number of aromatic nitrogens is 2. The van der Waals surface area contributed by atoms with Gasteiger partial charge in [0.1, 0.15) is 23.1 Å². The van der Waals surface area contributed by atoms with E-state index in [0.29, 0.717) is 46.7 Å². The number of nitrogens with one attached hydrogen (secondary N) is 3. The summed E-state index contributed by atoms with van der Waals surface area (Å²) in [5.74, 6) is 0.777. The maximum atomic E-state index is 13.5. The Bertz CT molecular complexity index is 2680. The summed E-state index contributed by atoms with van der Waals surface area (Å²) in [7, 11) is -2.12. The van der Waals surface area contributed by atoms with E-state index in [9.17, 15) is 27.6 Å². The first kappa shape index (κ1) is 49.8. The second-order valence-corrected chi connectivity index (χ2v) is 22.2. The van der Waals surface area contributed by atoms with Gasteiger partial charge >= 0.3 is 0 Å². The molecule has 4 aliphatic rings. The van der Waals surface area contributed by atoms with Gasteiger partial charge in [-0.15, -0.1) is 0 Å². The number of amides is 3. The maximum Gasteiger partial charge on any atom is 0.262 e. The molecule has 0 bridgehead atoms. The van der Waals surface area contributed by atoms with Crippen LogP contribution in [-0.2, 0) is 19.4 Å².